The van der Waals surface area contributed by atoms with Gasteiger partial charge in [0.15, 0.2) is 7.05 Å². The van der Waals surface area contributed by atoms with E-state index in [2.05, 4.69) is 116 Å². The highest BCUT2D eigenvalue weighted by molar-refractivity contribution is 5.79. The Morgan fingerprint density at radius 3 is 2.00 bits per heavy atom. The van der Waals surface area contributed by atoms with Crippen LogP contribution in [0.4, 0.5) is 0 Å². The molecular weight excluding hydrogens is 328 g/mol. The van der Waals surface area contributed by atoms with Crippen molar-refractivity contribution in [1.82, 2.24) is 4.68 Å². The van der Waals surface area contributed by atoms with E-state index in [1.807, 2.05) is 0 Å². The number of hydrogen-bond donors (Lipinski definition) is 0. The molecule has 0 saturated heterocycles. The molecule has 4 aromatic rings. The summed E-state index contributed by atoms with van der Waals surface area (Å²) in [5.74, 6) is 0. The molecule has 0 unspecified atom stereocenters. The first-order valence-electron chi connectivity index (χ1n) is 9.36. The van der Waals surface area contributed by atoms with E-state index in [1.165, 1.54) is 44.8 Å². The Morgan fingerprint density at radius 1 is 0.704 bits per heavy atom. The van der Waals surface area contributed by atoms with E-state index < -0.39 is 0 Å². The van der Waals surface area contributed by atoms with Gasteiger partial charge in [-0.3, -0.25) is 0 Å². The van der Waals surface area contributed by atoms with Gasteiger partial charge in [-0.1, -0.05) is 65.7 Å². The molecule has 1 aromatic heterocycles. The second kappa shape index (κ2) is 6.88. The highest BCUT2D eigenvalue weighted by Crippen LogP contribution is 2.32. The lowest BCUT2D eigenvalue weighted by Crippen LogP contribution is -2.39. The molecule has 3 aromatic carbocycles. The Balaban J connectivity index is 2.03. The predicted molar refractivity (Wildman–Crippen MR) is 112 cm³/mol. The normalized spacial score (nSPS) is 11.0. The van der Waals surface area contributed by atoms with Crippen molar-refractivity contribution in [3.8, 4) is 28.1 Å². The third-order valence-corrected chi connectivity index (χ3v) is 5.10. The number of aromatic nitrogens is 2. The summed E-state index contributed by atoms with van der Waals surface area (Å²) in [5, 5.41) is 0. The molecule has 0 spiro atoms. The molecule has 0 aliphatic rings. The highest BCUT2D eigenvalue weighted by Gasteiger charge is 2.25. The smallest absolute Gasteiger partial charge is 0.127 e. The van der Waals surface area contributed by atoms with E-state index in [1.54, 1.807) is 0 Å². The standard InChI is InChI=1S/C25H25N2/c1-18-14-19(2)16-22(15-18)25-23(21-11-6-5-7-12-21)17-27(26(25)4)24-13-9-8-10-20(24)3/h5-17H,1-4H3/q+1. The zero-order valence-electron chi connectivity index (χ0n) is 16.4. The lowest BCUT2D eigenvalue weighted by atomic mass is 9.99. The number of benzene rings is 3. The molecule has 0 radical (unpaired) electrons. The number of aryl methyl sites for hydroxylation is 3. The third kappa shape index (κ3) is 3.19. The molecule has 2 nitrogen and oxygen atoms in total. The molecular formula is C25H25N2+. The molecule has 0 N–H and O–H groups in total. The first kappa shape index (κ1) is 17.3. The van der Waals surface area contributed by atoms with Gasteiger partial charge in [0.2, 0.25) is 5.69 Å². The maximum Gasteiger partial charge on any atom is 0.246 e. The summed E-state index contributed by atoms with van der Waals surface area (Å²) in [6.07, 6.45) is 2.25. The first-order valence-corrected chi connectivity index (χ1v) is 9.36. The van der Waals surface area contributed by atoms with Crippen LogP contribution in [0.3, 0.4) is 0 Å². The molecule has 4 rings (SSSR count). The van der Waals surface area contributed by atoms with Crippen LogP contribution in [0, 0.1) is 20.8 Å². The van der Waals surface area contributed by atoms with Crippen LogP contribution in [0.2, 0.25) is 0 Å². The maximum absolute atomic E-state index is 2.27. The van der Waals surface area contributed by atoms with E-state index in [9.17, 15) is 0 Å². The number of hydrogen-bond acceptors (Lipinski definition) is 0. The van der Waals surface area contributed by atoms with Crippen molar-refractivity contribution in [3.63, 3.8) is 0 Å². The fourth-order valence-corrected chi connectivity index (χ4v) is 3.89. The average Bonchev–Trinajstić information content (AvgIpc) is 2.99. The molecule has 0 bridgehead atoms. The first-order chi connectivity index (χ1) is 13.0. The Morgan fingerprint density at radius 2 is 1.33 bits per heavy atom. The Bertz CT molecular complexity index is 1080. The summed E-state index contributed by atoms with van der Waals surface area (Å²) in [7, 11) is 2.14. The van der Waals surface area contributed by atoms with Gasteiger partial charge in [-0.2, -0.15) is 0 Å². The summed E-state index contributed by atoms with van der Waals surface area (Å²) in [6.45, 7) is 6.49. The van der Waals surface area contributed by atoms with E-state index in [4.69, 9.17) is 0 Å². The number of rotatable bonds is 3. The van der Waals surface area contributed by atoms with Crippen molar-refractivity contribution in [2.45, 2.75) is 20.8 Å². The van der Waals surface area contributed by atoms with Crippen LogP contribution in [-0.2, 0) is 7.05 Å². The summed E-state index contributed by atoms with van der Waals surface area (Å²) >= 11 is 0. The summed E-state index contributed by atoms with van der Waals surface area (Å²) in [5.41, 5.74) is 9.99. The van der Waals surface area contributed by atoms with E-state index in [-0.39, 0.29) is 0 Å². The molecule has 1 heterocycles. The topological polar surface area (TPSA) is 8.81 Å². The highest BCUT2D eigenvalue weighted by atomic mass is 15.4. The molecule has 0 saturated carbocycles. The summed E-state index contributed by atoms with van der Waals surface area (Å²) < 4.78 is 4.52. The quantitative estimate of drug-likeness (QED) is 0.426. The van der Waals surface area contributed by atoms with Crippen molar-refractivity contribution >= 4 is 0 Å². The Kier molecular flexibility index (Phi) is 4.41. The molecule has 0 aliphatic heterocycles. The zero-order valence-corrected chi connectivity index (χ0v) is 16.4. The average molecular weight is 353 g/mol. The molecule has 0 fully saturated rings. The van der Waals surface area contributed by atoms with Crippen LogP contribution >= 0.6 is 0 Å². The predicted octanol–water partition coefficient (Wildman–Crippen LogP) is 5.56. The van der Waals surface area contributed by atoms with Crippen molar-refractivity contribution in [1.29, 1.82) is 0 Å². The van der Waals surface area contributed by atoms with E-state index >= 15 is 0 Å². The molecule has 0 atom stereocenters. The molecule has 0 amide bonds. The fourth-order valence-electron chi connectivity index (χ4n) is 3.89. The van der Waals surface area contributed by atoms with Crippen molar-refractivity contribution in [2.24, 2.45) is 7.05 Å². The van der Waals surface area contributed by atoms with Crippen molar-refractivity contribution in [2.75, 3.05) is 0 Å². The minimum absolute atomic E-state index is 1.20. The Hall–Kier alpha value is -3.13. The Labute approximate surface area is 161 Å². The lowest BCUT2D eigenvalue weighted by molar-refractivity contribution is -0.734. The SMILES string of the molecule is Cc1cc(C)cc(-c2c(-c3ccccc3)cn(-c3ccccc3C)[n+]2C)c1. The monoisotopic (exact) mass is 353 g/mol. The van der Waals surface area contributed by atoms with Gasteiger partial charge in [0.1, 0.15) is 5.69 Å². The van der Waals surface area contributed by atoms with Gasteiger partial charge < -0.3 is 0 Å². The van der Waals surface area contributed by atoms with E-state index in [0.717, 1.165) is 0 Å². The molecule has 0 aliphatic carbocycles. The number of nitrogens with zero attached hydrogens (tertiary/aromatic N) is 2. The molecule has 2 heteroatoms. The van der Waals surface area contributed by atoms with Crippen LogP contribution in [0.5, 0.6) is 0 Å². The maximum atomic E-state index is 2.27. The molecule has 27 heavy (non-hydrogen) atoms. The largest absolute Gasteiger partial charge is 0.246 e. The van der Waals surface area contributed by atoms with Crippen LogP contribution in [0.15, 0.2) is 79.0 Å². The second-order valence-electron chi connectivity index (χ2n) is 7.29. The van der Waals surface area contributed by atoms with Crippen molar-refractivity contribution < 1.29 is 4.68 Å². The van der Waals surface area contributed by atoms with Gasteiger partial charge in [-0.25, -0.2) is 0 Å². The van der Waals surface area contributed by atoms with Gasteiger partial charge in [0.05, 0.1) is 11.8 Å². The fraction of sp³-hybridized carbons (Fsp3) is 0.160. The third-order valence-electron chi connectivity index (χ3n) is 5.10. The van der Waals surface area contributed by atoms with Crippen LogP contribution in [0.25, 0.3) is 28.1 Å². The second-order valence-corrected chi connectivity index (χ2v) is 7.29. The number of para-hydroxylation sites is 1. The summed E-state index contributed by atoms with van der Waals surface area (Å²) in [4.78, 5) is 0. The van der Waals surface area contributed by atoms with Gasteiger partial charge in [-0.15, -0.1) is 9.36 Å². The van der Waals surface area contributed by atoms with Gasteiger partial charge >= 0.3 is 0 Å². The van der Waals surface area contributed by atoms with Gasteiger partial charge in [-0.05, 0) is 50.1 Å². The van der Waals surface area contributed by atoms with Crippen LogP contribution in [-0.4, -0.2) is 4.68 Å². The van der Waals surface area contributed by atoms with Crippen molar-refractivity contribution in [3.05, 3.63) is 95.7 Å². The zero-order chi connectivity index (χ0) is 19.0. The lowest BCUT2D eigenvalue weighted by Gasteiger charge is -2.06. The minimum Gasteiger partial charge on any atom is -0.127 e. The molecule has 134 valence electrons. The van der Waals surface area contributed by atoms with Gasteiger partial charge in [0.25, 0.3) is 0 Å². The summed E-state index contributed by atoms with van der Waals surface area (Å²) in [6, 6.07) is 25.9. The van der Waals surface area contributed by atoms with Gasteiger partial charge in [0, 0.05) is 5.56 Å². The van der Waals surface area contributed by atoms with Crippen LogP contribution < -0.4 is 4.68 Å². The van der Waals surface area contributed by atoms with E-state index in [0.29, 0.717) is 0 Å². The van der Waals surface area contributed by atoms with Crippen LogP contribution in [0.1, 0.15) is 16.7 Å². The minimum atomic E-state index is 1.20.